The molecule has 132 valence electrons. The first-order chi connectivity index (χ1) is 12.4. The monoisotopic (exact) mass is 375 g/mol. The summed E-state index contributed by atoms with van der Waals surface area (Å²) in [5.41, 5.74) is -2.46. The fraction of sp³-hybridized carbons (Fsp3) is 0.167. The van der Waals surface area contributed by atoms with Gasteiger partial charge in [-0.2, -0.15) is 28.2 Å². The summed E-state index contributed by atoms with van der Waals surface area (Å²) in [6.45, 7) is 0. The van der Waals surface area contributed by atoms with Gasteiger partial charge in [-0.3, -0.25) is 4.79 Å². The van der Waals surface area contributed by atoms with E-state index in [4.69, 9.17) is 5.26 Å². The van der Waals surface area contributed by atoms with Crippen molar-refractivity contribution in [2.45, 2.75) is 17.8 Å². The Labute approximate surface area is 151 Å². The van der Waals surface area contributed by atoms with E-state index in [2.05, 4.69) is 5.10 Å². The number of pyridine rings is 1. The molecule has 2 aromatic rings. The molecule has 0 bridgehead atoms. The molecule has 0 aliphatic carbocycles. The van der Waals surface area contributed by atoms with E-state index in [1.165, 1.54) is 24.0 Å². The van der Waals surface area contributed by atoms with E-state index in [9.17, 15) is 18.0 Å². The van der Waals surface area contributed by atoms with Crippen LogP contribution in [0.1, 0.15) is 34.1 Å². The highest BCUT2D eigenvalue weighted by molar-refractivity contribution is 8.02. The zero-order chi connectivity index (χ0) is 18.7. The van der Waals surface area contributed by atoms with E-state index >= 15 is 0 Å². The van der Waals surface area contributed by atoms with Crippen molar-refractivity contribution in [3.63, 3.8) is 0 Å². The number of hydrogen-bond donors (Lipinski definition) is 0. The lowest BCUT2D eigenvalue weighted by molar-refractivity contribution is -0.138. The predicted octanol–water partition coefficient (Wildman–Crippen LogP) is 4.31. The Kier molecular flexibility index (Phi) is 5.00. The third kappa shape index (κ3) is 3.58. The summed E-state index contributed by atoms with van der Waals surface area (Å²) < 4.78 is 40.8. The van der Waals surface area contributed by atoms with Gasteiger partial charge in [0, 0.05) is 0 Å². The molecule has 4 nitrogen and oxygen atoms in total. The van der Waals surface area contributed by atoms with Gasteiger partial charge in [-0.25, -0.2) is 0 Å². The molecule has 8 heteroatoms. The van der Waals surface area contributed by atoms with Gasteiger partial charge in [-0.1, -0.05) is 36.4 Å². The average Bonchev–Trinajstić information content (AvgIpc) is 3.14. The number of allylic oxidation sites excluding steroid dienone is 1. The minimum Gasteiger partial charge on any atom is -0.266 e. The zero-order valence-corrected chi connectivity index (χ0v) is 14.1. The number of aromatic nitrogens is 1. The second-order valence-corrected chi connectivity index (χ2v) is 6.59. The second kappa shape index (κ2) is 7.22. The van der Waals surface area contributed by atoms with Gasteiger partial charge in [0.05, 0.1) is 22.7 Å². The molecular weight excluding hydrogens is 363 g/mol. The van der Waals surface area contributed by atoms with Gasteiger partial charge < -0.3 is 0 Å². The van der Waals surface area contributed by atoms with Crippen molar-refractivity contribution in [3.05, 3.63) is 80.6 Å². The number of alkyl halides is 3. The third-order valence-corrected chi connectivity index (χ3v) is 4.88. The summed E-state index contributed by atoms with van der Waals surface area (Å²) in [6.07, 6.45) is -1.12. The summed E-state index contributed by atoms with van der Waals surface area (Å²) in [5, 5.41) is 14.6. The normalized spacial score (nSPS) is 16.9. The average molecular weight is 375 g/mol. The summed E-state index contributed by atoms with van der Waals surface area (Å²) in [4.78, 5) is 12.6. The Morgan fingerprint density at radius 1 is 1.31 bits per heavy atom. The lowest BCUT2D eigenvalue weighted by atomic mass is 10.1. The van der Waals surface area contributed by atoms with Gasteiger partial charge in [0.15, 0.2) is 0 Å². The molecule has 1 aromatic carbocycles. The molecule has 0 N–H and O–H groups in total. The molecule has 0 spiro atoms. The summed E-state index contributed by atoms with van der Waals surface area (Å²) in [5.74, 6) is 0. The van der Waals surface area contributed by atoms with Crippen LogP contribution in [0.5, 0.6) is 0 Å². The van der Waals surface area contributed by atoms with Crippen molar-refractivity contribution < 1.29 is 13.2 Å². The molecule has 1 aliphatic rings. The van der Waals surface area contributed by atoms with Gasteiger partial charge in [0.2, 0.25) is 0 Å². The van der Waals surface area contributed by atoms with Gasteiger partial charge in [-0.15, -0.1) is 11.8 Å². The molecule has 0 fully saturated rings. The number of rotatable bonds is 3. The maximum atomic E-state index is 13.3. The minimum absolute atomic E-state index is 0.114. The quantitative estimate of drug-likeness (QED) is 0.751. The highest BCUT2D eigenvalue weighted by Gasteiger charge is 2.37. The SMILES string of the molecule is N#Cc1c(C(F)(F)F)cc(C2CC=CS2)n(/N=C/c2ccccc2)c1=O. The largest absolute Gasteiger partial charge is 0.417 e. The van der Waals surface area contributed by atoms with Gasteiger partial charge in [0.1, 0.15) is 11.6 Å². The van der Waals surface area contributed by atoms with Crippen molar-refractivity contribution in [1.82, 2.24) is 4.68 Å². The van der Waals surface area contributed by atoms with Crippen LogP contribution >= 0.6 is 11.8 Å². The number of thioether (sulfide) groups is 1. The fourth-order valence-corrected chi connectivity index (χ4v) is 3.48. The van der Waals surface area contributed by atoms with E-state index in [1.54, 1.807) is 29.7 Å². The molecule has 1 unspecified atom stereocenters. The smallest absolute Gasteiger partial charge is 0.266 e. The van der Waals surface area contributed by atoms with Crippen LogP contribution < -0.4 is 5.56 Å². The molecular formula is C18H12F3N3OS. The Hall–Kier alpha value is -2.79. The summed E-state index contributed by atoms with van der Waals surface area (Å²) in [6, 6.07) is 11.1. The van der Waals surface area contributed by atoms with Crippen LogP contribution in [0.15, 0.2) is 57.8 Å². The maximum Gasteiger partial charge on any atom is 0.417 e. The number of nitrogens with zero attached hydrogens (tertiary/aromatic N) is 3. The highest BCUT2D eigenvalue weighted by atomic mass is 32.2. The van der Waals surface area contributed by atoms with Crippen molar-refractivity contribution in [2.75, 3.05) is 0 Å². The predicted molar refractivity (Wildman–Crippen MR) is 93.9 cm³/mol. The highest BCUT2D eigenvalue weighted by Crippen LogP contribution is 2.40. The maximum absolute atomic E-state index is 13.3. The van der Waals surface area contributed by atoms with Gasteiger partial charge in [0.25, 0.3) is 5.56 Å². The molecule has 1 atom stereocenters. The Morgan fingerprint density at radius 2 is 2.04 bits per heavy atom. The van der Waals surface area contributed by atoms with Crippen LogP contribution in [0.2, 0.25) is 0 Å². The van der Waals surface area contributed by atoms with Crippen LogP contribution in [0, 0.1) is 11.3 Å². The molecule has 2 heterocycles. The lowest BCUT2D eigenvalue weighted by Crippen LogP contribution is -2.28. The number of halogens is 3. The van der Waals surface area contributed by atoms with E-state index in [0.29, 0.717) is 12.0 Å². The summed E-state index contributed by atoms with van der Waals surface area (Å²) >= 11 is 1.31. The molecule has 3 rings (SSSR count). The number of nitriles is 1. The minimum atomic E-state index is -4.79. The molecule has 1 aliphatic heterocycles. The first-order valence-corrected chi connectivity index (χ1v) is 8.53. The molecule has 0 saturated carbocycles. The number of benzene rings is 1. The Balaban J connectivity index is 2.20. The van der Waals surface area contributed by atoms with Crippen LogP contribution in [0.4, 0.5) is 13.2 Å². The van der Waals surface area contributed by atoms with Crippen LogP contribution in [0.25, 0.3) is 0 Å². The van der Waals surface area contributed by atoms with Crippen LogP contribution in [-0.4, -0.2) is 10.9 Å². The molecule has 26 heavy (non-hydrogen) atoms. The second-order valence-electron chi connectivity index (χ2n) is 5.47. The van der Waals surface area contributed by atoms with Crippen molar-refractivity contribution in [2.24, 2.45) is 5.10 Å². The van der Waals surface area contributed by atoms with Crippen molar-refractivity contribution >= 4 is 18.0 Å². The van der Waals surface area contributed by atoms with E-state index in [-0.39, 0.29) is 10.9 Å². The lowest BCUT2D eigenvalue weighted by Gasteiger charge is -2.17. The first kappa shape index (κ1) is 18.0. The zero-order valence-electron chi connectivity index (χ0n) is 13.3. The topological polar surface area (TPSA) is 58.1 Å². The molecule has 0 radical (unpaired) electrons. The third-order valence-electron chi connectivity index (χ3n) is 3.77. The number of hydrogen-bond acceptors (Lipinski definition) is 4. The molecule has 1 aromatic heterocycles. The van der Waals surface area contributed by atoms with Gasteiger partial charge in [-0.05, 0) is 23.5 Å². The van der Waals surface area contributed by atoms with Crippen LogP contribution in [-0.2, 0) is 6.18 Å². The van der Waals surface area contributed by atoms with Crippen molar-refractivity contribution in [1.29, 1.82) is 5.26 Å². The van der Waals surface area contributed by atoms with E-state index in [0.717, 1.165) is 10.7 Å². The molecule has 0 saturated heterocycles. The Morgan fingerprint density at radius 3 is 2.62 bits per heavy atom. The van der Waals surface area contributed by atoms with E-state index in [1.807, 2.05) is 12.1 Å². The van der Waals surface area contributed by atoms with E-state index < -0.39 is 22.9 Å². The summed E-state index contributed by atoms with van der Waals surface area (Å²) in [7, 11) is 0. The van der Waals surface area contributed by atoms with Crippen molar-refractivity contribution in [3.8, 4) is 6.07 Å². The van der Waals surface area contributed by atoms with Crippen LogP contribution in [0.3, 0.4) is 0 Å². The standard InChI is InChI=1S/C18H12F3N3OS/c19-18(20,21)14-9-15(16-7-4-8-26-16)24(17(25)13(14)10-22)23-11-12-5-2-1-3-6-12/h1-6,8-9,11,16H,7H2/b23-11+. The molecule has 0 amide bonds. The van der Waals surface area contributed by atoms with Gasteiger partial charge >= 0.3 is 6.18 Å². The fourth-order valence-electron chi connectivity index (χ4n) is 2.54. The Bertz CT molecular complexity index is 964. The first-order valence-electron chi connectivity index (χ1n) is 7.59.